The molecule has 0 amide bonds. The third-order valence-electron chi connectivity index (χ3n) is 7.71. The normalized spacial score (nSPS) is 16.5. The Kier molecular flexibility index (Phi) is 12.1. The summed E-state index contributed by atoms with van der Waals surface area (Å²) in [6, 6.07) is 35.9. The molecule has 0 fully saturated rings. The van der Waals surface area contributed by atoms with Crippen LogP contribution in [0.25, 0.3) is 0 Å². The van der Waals surface area contributed by atoms with Crippen molar-refractivity contribution in [2.24, 2.45) is 11.8 Å². The molecule has 2 atom stereocenters. The van der Waals surface area contributed by atoms with Crippen molar-refractivity contribution in [2.75, 3.05) is 0 Å². The van der Waals surface area contributed by atoms with Crippen molar-refractivity contribution in [2.45, 2.75) is 33.6 Å². The van der Waals surface area contributed by atoms with E-state index in [1.54, 1.807) is 0 Å². The van der Waals surface area contributed by atoms with Crippen LogP contribution in [0.2, 0.25) is 0 Å². The Morgan fingerprint density at radius 1 is 0.467 bits per heavy atom. The number of allylic oxidation sites excluding steroid dienone is 8. The predicted molar refractivity (Wildman–Crippen MR) is 185 cm³/mol. The van der Waals surface area contributed by atoms with E-state index in [1.165, 1.54) is 16.7 Å². The summed E-state index contributed by atoms with van der Waals surface area (Å²) in [6.45, 7) is 6.12. The standard InChI is InChI=1S/2C14H14O.C14H12O/c3*1-11-7-9-13(10-8-11)14(15)12-5-3-2-4-6-12/h2*2-9,13H,10H2,1H3;2-10H,1H3. The van der Waals surface area contributed by atoms with Gasteiger partial charge in [-0.15, -0.1) is 0 Å². The van der Waals surface area contributed by atoms with Gasteiger partial charge in [0.25, 0.3) is 0 Å². The van der Waals surface area contributed by atoms with Crippen molar-refractivity contribution in [3.8, 4) is 0 Å². The van der Waals surface area contributed by atoms with Crippen LogP contribution >= 0.6 is 0 Å². The van der Waals surface area contributed by atoms with E-state index < -0.39 is 0 Å². The molecule has 0 bridgehead atoms. The van der Waals surface area contributed by atoms with Crippen molar-refractivity contribution in [1.29, 1.82) is 0 Å². The molecule has 0 radical (unpaired) electrons. The highest BCUT2D eigenvalue weighted by Gasteiger charge is 2.18. The van der Waals surface area contributed by atoms with Crippen molar-refractivity contribution >= 4 is 17.3 Å². The Morgan fingerprint density at radius 3 is 1.18 bits per heavy atom. The molecule has 2 aliphatic carbocycles. The van der Waals surface area contributed by atoms with E-state index in [0.717, 1.165) is 35.1 Å². The highest BCUT2D eigenvalue weighted by Crippen LogP contribution is 2.21. The Balaban J connectivity index is 0.000000154. The molecule has 0 N–H and O–H groups in total. The van der Waals surface area contributed by atoms with Gasteiger partial charge in [-0.2, -0.15) is 0 Å². The average molecular weight is 593 g/mol. The Bertz CT molecular complexity index is 1610. The number of hydrogen-bond acceptors (Lipinski definition) is 3. The van der Waals surface area contributed by atoms with Crippen molar-refractivity contribution in [1.82, 2.24) is 0 Å². The molecule has 0 saturated heterocycles. The van der Waals surface area contributed by atoms with Gasteiger partial charge in [-0.25, -0.2) is 0 Å². The van der Waals surface area contributed by atoms with Gasteiger partial charge in [0.1, 0.15) is 0 Å². The zero-order chi connectivity index (χ0) is 32.0. The second-order valence-electron chi connectivity index (χ2n) is 11.3. The Labute approximate surface area is 267 Å². The van der Waals surface area contributed by atoms with E-state index in [0.29, 0.717) is 0 Å². The summed E-state index contributed by atoms with van der Waals surface area (Å²) in [5, 5.41) is 0. The average Bonchev–Trinajstić information content (AvgIpc) is 3.10. The minimum absolute atomic E-state index is 0.0242. The highest BCUT2D eigenvalue weighted by atomic mass is 16.1. The molecule has 0 spiro atoms. The van der Waals surface area contributed by atoms with Gasteiger partial charge in [-0.3, -0.25) is 14.4 Å². The molecular formula is C42H40O3. The molecule has 0 saturated carbocycles. The molecule has 2 aliphatic rings. The van der Waals surface area contributed by atoms with Crippen LogP contribution in [0.1, 0.15) is 68.9 Å². The zero-order valence-electron chi connectivity index (χ0n) is 26.2. The van der Waals surface area contributed by atoms with E-state index >= 15 is 0 Å². The van der Waals surface area contributed by atoms with Gasteiger partial charge in [-0.05, 0) is 33.6 Å². The topological polar surface area (TPSA) is 51.2 Å². The first kappa shape index (κ1) is 32.8. The Hall–Kier alpha value is -5.15. The van der Waals surface area contributed by atoms with E-state index in [4.69, 9.17) is 0 Å². The van der Waals surface area contributed by atoms with Crippen molar-refractivity contribution < 1.29 is 14.4 Å². The van der Waals surface area contributed by atoms with Gasteiger partial charge >= 0.3 is 0 Å². The molecule has 0 aliphatic heterocycles. The fraction of sp³-hybridized carbons (Fsp3) is 0.167. The van der Waals surface area contributed by atoms with Crippen LogP contribution in [-0.4, -0.2) is 17.3 Å². The SMILES string of the molecule is CC1=CCC(C(=O)c2ccccc2)C=C1.CC1=CCC(C(=O)c2ccccc2)C=C1.Cc1ccc(C(=O)c2ccccc2)cc1. The molecule has 4 aromatic rings. The summed E-state index contributed by atoms with van der Waals surface area (Å²) in [5.74, 6) is 0.564. The lowest BCUT2D eigenvalue weighted by Crippen LogP contribution is -2.13. The maximum atomic E-state index is 12.0. The Morgan fingerprint density at radius 2 is 0.822 bits per heavy atom. The van der Waals surface area contributed by atoms with E-state index in [9.17, 15) is 14.4 Å². The zero-order valence-corrected chi connectivity index (χ0v) is 26.2. The van der Waals surface area contributed by atoms with E-state index in [-0.39, 0.29) is 29.2 Å². The summed E-state index contributed by atoms with van der Waals surface area (Å²) in [5.41, 5.74) is 6.74. The number of ketones is 3. The number of benzene rings is 4. The van der Waals surface area contributed by atoms with Gasteiger partial charge in [0.2, 0.25) is 0 Å². The largest absolute Gasteiger partial charge is 0.294 e. The number of carbonyl (C=O) groups excluding carboxylic acids is 3. The fourth-order valence-corrected chi connectivity index (χ4v) is 4.94. The summed E-state index contributed by atoms with van der Waals surface area (Å²) in [6.07, 6.45) is 13.9. The van der Waals surface area contributed by atoms with Crippen LogP contribution in [0, 0.1) is 18.8 Å². The molecule has 0 heterocycles. The third-order valence-corrected chi connectivity index (χ3v) is 7.71. The molecule has 3 heteroatoms. The molecule has 6 rings (SSSR count). The lowest BCUT2D eigenvalue weighted by atomic mass is 9.90. The number of Topliss-reactive ketones (excluding diaryl/α,β-unsaturated/α-hetero) is 2. The maximum Gasteiger partial charge on any atom is 0.193 e. The first-order valence-electron chi connectivity index (χ1n) is 15.4. The van der Waals surface area contributed by atoms with Gasteiger partial charge < -0.3 is 0 Å². The molecule has 0 aromatic heterocycles. The van der Waals surface area contributed by atoms with Crippen LogP contribution in [0.4, 0.5) is 0 Å². The summed E-state index contributed by atoms with van der Waals surface area (Å²) in [4.78, 5) is 36.0. The van der Waals surface area contributed by atoms with Gasteiger partial charge in [0.05, 0.1) is 0 Å². The molecule has 4 aromatic carbocycles. The van der Waals surface area contributed by atoms with Crippen LogP contribution in [0.15, 0.2) is 163 Å². The third kappa shape index (κ3) is 9.94. The lowest BCUT2D eigenvalue weighted by Gasteiger charge is -2.13. The van der Waals surface area contributed by atoms with Crippen LogP contribution < -0.4 is 0 Å². The van der Waals surface area contributed by atoms with Crippen LogP contribution in [0.3, 0.4) is 0 Å². The minimum atomic E-state index is 0.0242. The van der Waals surface area contributed by atoms with Crippen LogP contribution in [-0.2, 0) is 0 Å². The number of rotatable bonds is 6. The maximum absolute atomic E-state index is 12.0. The highest BCUT2D eigenvalue weighted by molar-refractivity contribution is 6.09. The second-order valence-corrected chi connectivity index (χ2v) is 11.3. The molecule has 45 heavy (non-hydrogen) atoms. The molecule has 2 unspecified atom stereocenters. The fourth-order valence-electron chi connectivity index (χ4n) is 4.94. The number of carbonyl (C=O) groups is 3. The minimum Gasteiger partial charge on any atom is -0.294 e. The summed E-state index contributed by atoms with van der Waals surface area (Å²) >= 11 is 0. The smallest absolute Gasteiger partial charge is 0.193 e. The number of aryl methyl sites for hydroxylation is 1. The lowest BCUT2D eigenvalue weighted by molar-refractivity contribution is 0.0937. The van der Waals surface area contributed by atoms with Crippen LogP contribution in [0.5, 0.6) is 0 Å². The summed E-state index contributed by atoms with van der Waals surface area (Å²) < 4.78 is 0. The van der Waals surface area contributed by atoms with E-state index in [1.807, 2.05) is 146 Å². The molecular weight excluding hydrogens is 552 g/mol. The van der Waals surface area contributed by atoms with Gasteiger partial charge in [-0.1, -0.05) is 168 Å². The van der Waals surface area contributed by atoms with Gasteiger partial charge in [0.15, 0.2) is 17.3 Å². The first-order valence-corrected chi connectivity index (χ1v) is 15.4. The van der Waals surface area contributed by atoms with E-state index in [2.05, 4.69) is 26.0 Å². The molecule has 226 valence electrons. The monoisotopic (exact) mass is 592 g/mol. The quantitative estimate of drug-likeness (QED) is 0.209. The van der Waals surface area contributed by atoms with Gasteiger partial charge in [0, 0.05) is 34.1 Å². The number of hydrogen-bond donors (Lipinski definition) is 0. The van der Waals surface area contributed by atoms with Crippen molar-refractivity contribution in [3.05, 3.63) is 191 Å². The summed E-state index contributed by atoms with van der Waals surface area (Å²) in [7, 11) is 0. The predicted octanol–water partition coefficient (Wildman–Crippen LogP) is 10.0. The first-order chi connectivity index (χ1) is 21.8. The van der Waals surface area contributed by atoms with Crippen molar-refractivity contribution in [3.63, 3.8) is 0 Å². The second kappa shape index (κ2) is 16.6. The molecule has 3 nitrogen and oxygen atoms in total.